The summed E-state index contributed by atoms with van der Waals surface area (Å²) in [5.74, 6) is -2.15. The number of hydrogen-bond donors (Lipinski definition) is 0. The minimum Gasteiger partial charge on any atom is -0.545 e. The highest BCUT2D eigenvalue weighted by molar-refractivity contribution is 6.04. The number of non-ortho nitro benzene ring substituents is 1. The summed E-state index contributed by atoms with van der Waals surface area (Å²) in [4.78, 5) is 33.6. The summed E-state index contributed by atoms with van der Waals surface area (Å²) in [6.07, 6.45) is 1.83. The van der Waals surface area contributed by atoms with Crippen LogP contribution in [0.2, 0.25) is 0 Å². The molecule has 8 nitrogen and oxygen atoms in total. The van der Waals surface area contributed by atoms with E-state index in [4.69, 9.17) is 0 Å². The minimum absolute atomic E-state index is 0.0988. The maximum atomic E-state index is 12.4. The molecule has 0 spiro atoms. The van der Waals surface area contributed by atoms with Gasteiger partial charge in [0.25, 0.3) is 11.6 Å². The third kappa shape index (κ3) is 4.06. The van der Waals surface area contributed by atoms with Crippen molar-refractivity contribution < 1.29 is 19.6 Å². The van der Waals surface area contributed by atoms with E-state index in [-0.39, 0.29) is 5.69 Å². The average Bonchev–Trinajstić information content (AvgIpc) is 3.12. The Morgan fingerprint density at radius 2 is 1.85 bits per heavy atom. The van der Waals surface area contributed by atoms with Crippen molar-refractivity contribution in [2.75, 3.05) is 0 Å². The van der Waals surface area contributed by atoms with Gasteiger partial charge in [-0.1, -0.05) is 42.5 Å². The number of rotatable bonds is 5. The van der Waals surface area contributed by atoms with E-state index in [2.05, 4.69) is 5.10 Å². The van der Waals surface area contributed by atoms with Crippen LogP contribution < -0.4 is 5.11 Å². The largest absolute Gasteiger partial charge is 0.545 e. The average molecular weight is 364 g/mol. The molecule has 1 aliphatic heterocycles. The normalized spacial score (nSPS) is 16.4. The lowest BCUT2D eigenvalue weighted by atomic mass is 9.98. The minimum atomic E-state index is -1.50. The monoisotopic (exact) mass is 364 g/mol. The Kier molecular flexibility index (Phi) is 5.07. The molecule has 136 valence electrons. The van der Waals surface area contributed by atoms with Crippen LogP contribution in [-0.2, 0) is 9.59 Å². The fourth-order valence-corrected chi connectivity index (χ4v) is 2.84. The molecule has 0 aliphatic carbocycles. The van der Waals surface area contributed by atoms with Gasteiger partial charge in [0.15, 0.2) is 0 Å². The summed E-state index contributed by atoms with van der Waals surface area (Å²) in [7, 11) is 0. The van der Waals surface area contributed by atoms with Crippen molar-refractivity contribution in [3.05, 3.63) is 88.0 Å². The first-order valence-corrected chi connectivity index (χ1v) is 8.05. The number of benzene rings is 2. The Hall–Kier alpha value is -3.81. The first kappa shape index (κ1) is 18.0. The number of carbonyl (C=O) groups is 2. The zero-order valence-corrected chi connectivity index (χ0v) is 14.0. The molecule has 0 aromatic heterocycles. The molecule has 27 heavy (non-hydrogen) atoms. The second-order valence-corrected chi connectivity index (χ2v) is 5.82. The maximum Gasteiger partial charge on any atom is 0.269 e. The van der Waals surface area contributed by atoms with Gasteiger partial charge in [-0.05, 0) is 17.2 Å². The standard InChI is InChI=1S/C19H15N3O5/c23-18(9-10-19(24)25)21-17(14-7-4-8-15(11-14)22(26)27)12-16(20-21)13-5-2-1-3-6-13/h1-11,17H,12H2,(H,24,25)/p-1/b10-9+/t17-/m1/s1. The summed E-state index contributed by atoms with van der Waals surface area (Å²) < 4.78 is 0. The van der Waals surface area contributed by atoms with Crippen LogP contribution in [0.25, 0.3) is 0 Å². The lowest BCUT2D eigenvalue weighted by Gasteiger charge is -2.20. The van der Waals surface area contributed by atoms with Crippen LogP contribution in [0.4, 0.5) is 5.69 Å². The highest BCUT2D eigenvalue weighted by Crippen LogP contribution is 2.34. The van der Waals surface area contributed by atoms with Crippen LogP contribution in [0.5, 0.6) is 0 Å². The van der Waals surface area contributed by atoms with Crippen LogP contribution in [0.15, 0.2) is 71.9 Å². The van der Waals surface area contributed by atoms with Crippen LogP contribution in [0, 0.1) is 10.1 Å². The first-order valence-electron chi connectivity index (χ1n) is 8.05. The zero-order chi connectivity index (χ0) is 19.4. The summed E-state index contributed by atoms with van der Waals surface area (Å²) in [6, 6.07) is 14.6. The number of carboxylic acids is 1. The highest BCUT2D eigenvalue weighted by atomic mass is 16.6. The molecule has 1 heterocycles. The molecule has 0 radical (unpaired) electrons. The van der Waals surface area contributed by atoms with Crippen molar-refractivity contribution in [1.29, 1.82) is 0 Å². The van der Waals surface area contributed by atoms with E-state index >= 15 is 0 Å². The van der Waals surface area contributed by atoms with Gasteiger partial charge in [-0.3, -0.25) is 14.9 Å². The van der Waals surface area contributed by atoms with E-state index in [1.54, 1.807) is 6.07 Å². The van der Waals surface area contributed by atoms with Gasteiger partial charge in [-0.15, -0.1) is 0 Å². The van der Waals surface area contributed by atoms with E-state index < -0.39 is 22.8 Å². The Bertz CT molecular complexity index is 953. The van der Waals surface area contributed by atoms with Crippen molar-refractivity contribution in [1.82, 2.24) is 5.01 Å². The van der Waals surface area contributed by atoms with Crippen LogP contribution >= 0.6 is 0 Å². The Labute approximate surface area is 154 Å². The topological polar surface area (TPSA) is 116 Å². The fraction of sp³-hybridized carbons (Fsp3) is 0.105. The van der Waals surface area contributed by atoms with Gasteiger partial charge < -0.3 is 9.90 Å². The van der Waals surface area contributed by atoms with Crippen molar-refractivity contribution in [3.8, 4) is 0 Å². The second-order valence-electron chi connectivity index (χ2n) is 5.82. The number of aliphatic carboxylic acids is 1. The smallest absolute Gasteiger partial charge is 0.269 e. The molecule has 2 aromatic rings. The number of hydrazone groups is 1. The second kappa shape index (κ2) is 7.61. The molecule has 0 bridgehead atoms. The van der Waals surface area contributed by atoms with E-state index in [9.17, 15) is 24.8 Å². The molecule has 0 unspecified atom stereocenters. The van der Waals surface area contributed by atoms with E-state index in [0.717, 1.165) is 16.6 Å². The predicted molar refractivity (Wildman–Crippen MR) is 94.4 cm³/mol. The molecule has 1 aliphatic rings. The number of carboxylic acid groups (broad SMARTS) is 1. The number of nitrogens with zero attached hydrogens (tertiary/aromatic N) is 3. The number of nitro groups is 1. The quantitative estimate of drug-likeness (QED) is 0.454. The van der Waals surface area contributed by atoms with Crippen molar-refractivity contribution in [2.24, 2.45) is 5.10 Å². The number of nitro benzene ring substituents is 1. The fourth-order valence-electron chi connectivity index (χ4n) is 2.84. The number of carbonyl (C=O) groups excluding carboxylic acids is 2. The summed E-state index contributed by atoms with van der Waals surface area (Å²) in [6.45, 7) is 0. The molecule has 1 atom stereocenters. The first-order chi connectivity index (χ1) is 13.0. The van der Waals surface area contributed by atoms with Crippen LogP contribution in [0.1, 0.15) is 23.6 Å². The van der Waals surface area contributed by atoms with Gasteiger partial charge in [0, 0.05) is 24.6 Å². The van der Waals surface area contributed by atoms with Gasteiger partial charge in [0.2, 0.25) is 0 Å². The molecule has 0 N–H and O–H groups in total. The van der Waals surface area contributed by atoms with Crippen LogP contribution in [-0.4, -0.2) is 27.5 Å². The molecule has 0 fully saturated rings. The van der Waals surface area contributed by atoms with E-state index in [0.29, 0.717) is 23.8 Å². The molecule has 0 saturated heterocycles. The number of hydrogen-bond acceptors (Lipinski definition) is 6. The van der Waals surface area contributed by atoms with Gasteiger partial charge in [-0.2, -0.15) is 5.10 Å². The lowest BCUT2D eigenvalue weighted by Crippen LogP contribution is -2.26. The van der Waals surface area contributed by atoms with Crippen molar-refractivity contribution >= 4 is 23.3 Å². The SMILES string of the molecule is O=C([O-])/C=C/C(=O)N1N=C(c2ccccc2)C[C@@H]1c1cccc([N+](=O)[O-])c1. The number of amides is 1. The van der Waals surface area contributed by atoms with E-state index in [1.165, 1.54) is 18.2 Å². The van der Waals surface area contributed by atoms with Crippen molar-refractivity contribution in [2.45, 2.75) is 12.5 Å². The predicted octanol–water partition coefficient (Wildman–Crippen LogP) is 1.58. The Balaban J connectivity index is 1.98. The highest BCUT2D eigenvalue weighted by Gasteiger charge is 2.32. The molecule has 2 aromatic carbocycles. The van der Waals surface area contributed by atoms with Gasteiger partial charge in [0.1, 0.15) is 0 Å². The Morgan fingerprint density at radius 3 is 2.52 bits per heavy atom. The molecule has 8 heteroatoms. The maximum absolute atomic E-state index is 12.4. The third-order valence-corrected chi connectivity index (χ3v) is 4.07. The van der Waals surface area contributed by atoms with Gasteiger partial charge in [-0.25, -0.2) is 5.01 Å². The summed E-state index contributed by atoms with van der Waals surface area (Å²) in [5, 5.41) is 27.1. The summed E-state index contributed by atoms with van der Waals surface area (Å²) >= 11 is 0. The zero-order valence-electron chi connectivity index (χ0n) is 14.0. The molecule has 0 saturated carbocycles. The van der Waals surface area contributed by atoms with E-state index in [1.807, 2.05) is 30.3 Å². The summed E-state index contributed by atoms with van der Waals surface area (Å²) in [5.41, 5.74) is 1.88. The van der Waals surface area contributed by atoms with Gasteiger partial charge >= 0.3 is 0 Å². The lowest BCUT2D eigenvalue weighted by molar-refractivity contribution is -0.385. The Morgan fingerprint density at radius 1 is 1.11 bits per heavy atom. The molecular weight excluding hydrogens is 350 g/mol. The van der Waals surface area contributed by atoms with Crippen LogP contribution in [0.3, 0.4) is 0 Å². The van der Waals surface area contributed by atoms with Crippen molar-refractivity contribution in [3.63, 3.8) is 0 Å². The van der Waals surface area contributed by atoms with Gasteiger partial charge in [0.05, 0.1) is 22.6 Å². The molecule has 1 amide bonds. The molecular formula is C19H14N3O5-. The molecule has 3 rings (SSSR count). The third-order valence-electron chi connectivity index (χ3n) is 4.07.